The van der Waals surface area contributed by atoms with Crippen LogP contribution in [0.2, 0.25) is 0 Å². The van der Waals surface area contributed by atoms with Crippen LogP contribution in [0.3, 0.4) is 0 Å². The Morgan fingerprint density at radius 2 is 1.78 bits per heavy atom. The summed E-state index contributed by atoms with van der Waals surface area (Å²) < 4.78 is 0. The highest BCUT2D eigenvalue weighted by Crippen LogP contribution is 2.09. The average molecular weight is 248 g/mol. The van der Waals surface area contributed by atoms with Gasteiger partial charge in [-0.3, -0.25) is 0 Å². The van der Waals surface area contributed by atoms with Crippen molar-refractivity contribution in [1.82, 2.24) is 0 Å². The molecule has 0 unspecified atom stereocenters. The Morgan fingerprint density at radius 3 is 2.39 bits per heavy atom. The summed E-state index contributed by atoms with van der Waals surface area (Å²) in [5.41, 5.74) is 1.25. The van der Waals surface area contributed by atoms with E-state index in [9.17, 15) is 10.2 Å². The van der Waals surface area contributed by atoms with E-state index in [1.54, 1.807) is 6.08 Å². The van der Waals surface area contributed by atoms with Crippen LogP contribution in [-0.2, 0) is 6.42 Å². The molecule has 0 radical (unpaired) electrons. The van der Waals surface area contributed by atoms with Gasteiger partial charge < -0.3 is 10.2 Å². The number of benzene rings is 1. The fraction of sp³-hybridized carbons (Fsp3) is 0.500. The number of aliphatic hydroxyl groups excluding tert-OH is 2. The molecular weight excluding hydrogens is 224 g/mol. The fourth-order valence-corrected chi connectivity index (χ4v) is 1.69. The second kappa shape index (κ2) is 8.06. The molecule has 2 atom stereocenters. The maximum absolute atomic E-state index is 9.83. The molecule has 0 fully saturated rings. The van der Waals surface area contributed by atoms with Crippen LogP contribution in [0.5, 0.6) is 0 Å². The predicted octanol–water partition coefficient (Wildman–Crippen LogP) is 2.94. The highest BCUT2D eigenvalue weighted by atomic mass is 16.3. The van der Waals surface area contributed by atoms with Crippen LogP contribution >= 0.6 is 0 Å². The molecule has 0 saturated carbocycles. The summed E-state index contributed by atoms with van der Waals surface area (Å²) in [4.78, 5) is 0. The summed E-state index contributed by atoms with van der Waals surface area (Å²) in [5.74, 6) is 0.225. The molecule has 18 heavy (non-hydrogen) atoms. The lowest BCUT2D eigenvalue weighted by Crippen LogP contribution is -2.11. The van der Waals surface area contributed by atoms with Crippen LogP contribution < -0.4 is 0 Å². The zero-order chi connectivity index (χ0) is 13.4. The molecule has 0 aromatic heterocycles. The van der Waals surface area contributed by atoms with Crippen molar-refractivity contribution < 1.29 is 10.2 Å². The van der Waals surface area contributed by atoms with E-state index in [-0.39, 0.29) is 12.0 Å². The van der Waals surface area contributed by atoms with E-state index < -0.39 is 6.10 Å². The summed E-state index contributed by atoms with van der Waals surface area (Å²) in [6.07, 6.45) is 5.16. The van der Waals surface area contributed by atoms with Gasteiger partial charge in [0.1, 0.15) is 0 Å². The first-order valence-electron chi connectivity index (χ1n) is 6.66. The topological polar surface area (TPSA) is 40.5 Å². The van der Waals surface area contributed by atoms with Crippen LogP contribution in [0.15, 0.2) is 42.5 Å². The molecule has 2 N–H and O–H groups in total. The number of hydrogen-bond acceptors (Lipinski definition) is 2. The van der Waals surface area contributed by atoms with Crippen LogP contribution in [-0.4, -0.2) is 22.4 Å². The molecule has 0 bridgehead atoms. The minimum Gasteiger partial charge on any atom is -0.393 e. The third-order valence-corrected chi connectivity index (χ3v) is 3.03. The van der Waals surface area contributed by atoms with E-state index in [1.807, 2.05) is 38.1 Å². The minimum absolute atomic E-state index is 0.225. The Labute approximate surface area is 110 Å². The van der Waals surface area contributed by atoms with Crippen LogP contribution in [0.4, 0.5) is 0 Å². The molecule has 0 heterocycles. The van der Waals surface area contributed by atoms with Crippen molar-refractivity contribution in [2.24, 2.45) is 5.92 Å². The molecule has 1 aromatic carbocycles. The second-order valence-corrected chi connectivity index (χ2v) is 5.08. The molecule has 2 heteroatoms. The van der Waals surface area contributed by atoms with E-state index in [4.69, 9.17) is 0 Å². The Balaban J connectivity index is 2.24. The van der Waals surface area contributed by atoms with Crippen LogP contribution in [0, 0.1) is 5.92 Å². The van der Waals surface area contributed by atoms with Gasteiger partial charge in [-0.1, -0.05) is 56.3 Å². The molecule has 0 aliphatic rings. The fourth-order valence-electron chi connectivity index (χ4n) is 1.69. The van der Waals surface area contributed by atoms with Crippen molar-refractivity contribution in [3.05, 3.63) is 48.0 Å². The van der Waals surface area contributed by atoms with Crippen molar-refractivity contribution in [2.75, 3.05) is 0 Å². The molecule has 1 rings (SSSR count). The first-order valence-corrected chi connectivity index (χ1v) is 6.66. The van der Waals surface area contributed by atoms with Gasteiger partial charge >= 0.3 is 0 Å². The van der Waals surface area contributed by atoms with Gasteiger partial charge in [0.15, 0.2) is 0 Å². The second-order valence-electron chi connectivity index (χ2n) is 5.08. The Morgan fingerprint density at radius 1 is 1.11 bits per heavy atom. The van der Waals surface area contributed by atoms with Crippen molar-refractivity contribution in [1.29, 1.82) is 0 Å². The van der Waals surface area contributed by atoms with Gasteiger partial charge in [0, 0.05) is 0 Å². The molecule has 1 aromatic rings. The summed E-state index contributed by atoms with van der Waals surface area (Å²) in [7, 11) is 0. The zero-order valence-electron chi connectivity index (χ0n) is 11.3. The van der Waals surface area contributed by atoms with Crippen molar-refractivity contribution in [3.63, 3.8) is 0 Å². The van der Waals surface area contributed by atoms with Crippen molar-refractivity contribution in [3.8, 4) is 0 Å². The molecular formula is C16H24O2. The first kappa shape index (κ1) is 14.9. The molecule has 0 amide bonds. The van der Waals surface area contributed by atoms with Gasteiger partial charge in [0.05, 0.1) is 12.2 Å². The molecule has 100 valence electrons. The van der Waals surface area contributed by atoms with Crippen molar-refractivity contribution in [2.45, 2.75) is 45.3 Å². The molecule has 2 nitrogen and oxygen atoms in total. The third-order valence-electron chi connectivity index (χ3n) is 3.03. The SMILES string of the molecule is CC(C)[C@@H](O)/C=C/C[C@H](O)CCc1ccccc1. The van der Waals surface area contributed by atoms with E-state index in [0.29, 0.717) is 6.42 Å². The molecule has 0 spiro atoms. The number of aliphatic hydroxyl groups is 2. The highest BCUT2D eigenvalue weighted by molar-refractivity contribution is 5.14. The minimum atomic E-state index is -0.411. The van der Waals surface area contributed by atoms with Crippen LogP contribution in [0.25, 0.3) is 0 Å². The lowest BCUT2D eigenvalue weighted by molar-refractivity contribution is 0.162. The Hall–Kier alpha value is -1.12. The summed E-state index contributed by atoms with van der Waals surface area (Å²) in [6, 6.07) is 10.2. The van der Waals surface area contributed by atoms with Crippen LogP contribution in [0.1, 0.15) is 32.3 Å². The molecule has 0 aliphatic carbocycles. The largest absolute Gasteiger partial charge is 0.393 e. The molecule has 0 saturated heterocycles. The highest BCUT2D eigenvalue weighted by Gasteiger charge is 2.05. The monoisotopic (exact) mass is 248 g/mol. The number of hydrogen-bond donors (Lipinski definition) is 2. The normalized spacial score (nSPS) is 15.2. The van der Waals surface area contributed by atoms with Gasteiger partial charge in [-0.05, 0) is 30.7 Å². The van der Waals surface area contributed by atoms with E-state index >= 15 is 0 Å². The third kappa shape index (κ3) is 5.99. The quantitative estimate of drug-likeness (QED) is 0.728. The summed E-state index contributed by atoms with van der Waals surface area (Å²) in [6.45, 7) is 3.95. The predicted molar refractivity (Wildman–Crippen MR) is 75.4 cm³/mol. The maximum Gasteiger partial charge on any atom is 0.0743 e. The summed E-state index contributed by atoms with van der Waals surface area (Å²) in [5, 5.41) is 19.4. The lowest BCUT2D eigenvalue weighted by atomic mass is 10.0. The maximum atomic E-state index is 9.83. The Bertz CT molecular complexity index is 343. The van der Waals surface area contributed by atoms with Crippen molar-refractivity contribution >= 4 is 0 Å². The molecule has 0 aliphatic heterocycles. The first-order chi connectivity index (χ1) is 8.59. The average Bonchev–Trinajstić information content (AvgIpc) is 2.37. The number of aryl methyl sites for hydroxylation is 1. The van der Waals surface area contributed by atoms with Gasteiger partial charge in [0.25, 0.3) is 0 Å². The van der Waals surface area contributed by atoms with Gasteiger partial charge in [-0.15, -0.1) is 0 Å². The van der Waals surface area contributed by atoms with Gasteiger partial charge in [0.2, 0.25) is 0 Å². The standard InChI is InChI=1S/C16H24O2/c1-13(2)16(18)10-6-9-15(17)12-11-14-7-4-3-5-8-14/h3-8,10,13,15-18H,9,11-12H2,1-2H3/b10-6+/t15-,16-/m0/s1. The smallest absolute Gasteiger partial charge is 0.0743 e. The van der Waals surface area contributed by atoms with Gasteiger partial charge in [-0.25, -0.2) is 0 Å². The Kier molecular flexibility index (Phi) is 6.69. The van der Waals surface area contributed by atoms with E-state index in [0.717, 1.165) is 12.8 Å². The number of rotatable bonds is 7. The zero-order valence-corrected chi connectivity index (χ0v) is 11.3. The van der Waals surface area contributed by atoms with E-state index in [2.05, 4.69) is 12.1 Å². The lowest BCUT2D eigenvalue weighted by Gasteiger charge is -2.10. The van der Waals surface area contributed by atoms with Gasteiger partial charge in [-0.2, -0.15) is 0 Å². The summed E-state index contributed by atoms with van der Waals surface area (Å²) >= 11 is 0. The van der Waals surface area contributed by atoms with E-state index in [1.165, 1.54) is 5.56 Å².